The van der Waals surface area contributed by atoms with E-state index in [1.807, 2.05) is 13.8 Å². The first kappa shape index (κ1) is 14.5. The summed E-state index contributed by atoms with van der Waals surface area (Å²) in [5.74, 6) is -1.60. The fourth-order valence-electron chi connectivity index (χ4n) is 1.99. The fraction of sp³-hybridized carbons (Fsp3) is 0.357. The van der Waals surface area contributed by atoms with Gasteiger partial charge in [-0.25, -0.2) is 0 Å². The lowest BCUT2D eigenvalue weighted by Gasteiger charge is -2.24. The summed E-state index contributed by atoms with van der Waals surface area (Å²) in [6.07, 6.45) is 0. The van der Waals surface area contributed by atoms with E-state index in [0.717, 1.165) is 0 Å². The maximum Gasteiger partial charge on any atom is 0.300 e. The number of nitrogens with zero attached hydrogens (tertiary/aromatic N) is 2. The number of likely N-dealkylation sites (N-methyl/N-ethyl adjacent to an activating group) is 1. The smallest absolute Gasteiger partial charge is 0.300 e. The molecule has 0 unspecified atom stereocenters. The van der Waals surface area contributed by atoms with E-state index in [4.69, 9.17) is 11.6 Å². The number of benzene rings is 1. The predicted octanol–water partition coefficient (Wildman–Crippen LogP) is 1.74. The van der Waals surface area contributed by atoms with Gasteiger partial charge in [-0.05, 0) is 26.0 Å². The van der Waals surface area contributed by atoms with Crippen molar-refractivity contribution >= 4 is 34.9 Å². The zero-order valence-corrected chi connectivity index (χ0v) is 12.3. The second-order valence-corrected chi connectivity index (χ2v) is 5.36. The van der Waals surface area contributed by atoms with Gasteiger partial charge in [0.1, 0.15) is 6.54 Å². The lowest BCUT2D eigenvalue weighted by molar-refractivity contribution is -0.131. The lowest BCUT2D eigenvalue weighted by atomic mass is 10.1. The number of hydrogen-bond acceptors (Lipinski definition) is 3. The topological polar surface area (TPSA) is 57.7 Å². The molecular formula is C14H15ClN2O3. The summed E-state index contributed by atoms with van der Waals surface area (Å²) < 4.78 is 0. The van der Waals surface area contributed by atoms with Crippen molar-refractivity contribution in [3.8, 4) is 0 Å². The Morgan fingerprint density at radius 2 is 2.00 bits per heavy atom. The van der Waals surface area contributed by atoms with E-state index in [2.05, 4.69) is 0 Å². The Balaban J connectivity index is 2.32. The highest BCUT2D eigenvalue weighted by Crippen LogP contribution is 2.33. The van der Waals surface area contributed by atoms with E-state index < -0.39 is 11.7 Å². The maximum absolute atomic E-state index is 12.1. The molecule has 2 amide bonds. The molecule has 1 aromatic carbocycles. The molecule has 0 fully saturated rings. The first-order valence-electron chi connectivity index (χ1n) is 6.25. The van der Waals surface area contributed by atoms with Gasteiger partial charge in [-0.2, -0.15) is 0 Å². The normalized spacial score (nSPS) is 13.9. The van der Waals surface area contributed by atoms with Crippen LogP contribution >= 0.6 is 11.6 Å². The molecule has 0 atom stereocenters. The van der Waals surface area contributed by atoms with Crippen LogP contribution in [0.25, 0.3) is 0 Å². The third kappa shape index (κ3) is 2.29. The molecule has 0 aliphatic carbocycles. The Morgan fingerprint density at radius 1 is 1.35 bits per heavy atom. The van der Waals surface area contributed by atoms with E-state index in [0.29, 0.717) is 5.69 Å². The maximum atomic E-state index is 12.1. The third-order valence-corrected chi connectivity index (χ3v) is 3.73. The summed E-state index contributed by atoms with van der Waals surface area (Å²) >= 11 is 5.95. The lowest BCUT2D eigenvalue weighted by Crippen LogP contribution is -2.43. The number of fused-ring (bicyclic) bond motifs is 1. The average molecular weight is 295 g/mol. The van der Waals surface area contributed by atoms with Crippen molar-refractivity contribution in [1.82, 2.24) is 4.90 Å². The summed E-state index contributed by atoms with van der Waals surface area (Å²) in [5, 5.41) is 0.230. The quantitative estimate of drug-likeness (QED) is 0.798. The van der Waals surface area contributed by atoms with Crippen LogP contribution in [-0.2, 0) is 9.59 Å². The number of rotatable bonds is 3. The molecule has 0 spiro atoms. The number of carbonyl (C=O) groups is 3. The summed E-state index contributed by atoms with van der Waals surface area (Å²) in [6, 6.07) is 4.84. The highest BCUT2D eigenvalue weighted by molar-refractivity contribution is 6.55. The Morgan fingerprint density at radius 3 is 2.60 bits per heavy atom. The Bertz CT molecular complexity index is 598. The average Bonchev–Trinajstić information content (AvgIpc) is 2.64. The van der Waals surface area contributed by atoms with Gasteiger partial charge in [0, 0.05) is 13.1 Å². The second-order valence-electron chi connectivity index (χ2n) is 4.95. The zero-order chi connectivity index (χ0) is 15.0. The van der Waals surface area contributed by atoms with Gasteiger partial charge in [0.05, 0.1) is 16.3 Å². The van der Waals surface area contributed by atoms with Crippen LogP contribution in [0, 0.1) is 0 Å². The number of halogens is 1. The summed E-state index contributed by atoms with van der Waals surface area (Å²) in [4.78, 5) is 38.7. The van der Waals surface area contributed by atoms with Crippen molar-refractivity contribution < 1.29 is 14.4 Å². The van der Waals surface area contributed by atoms with Crippen LogP contribution in [-0.4, -0.2) is 42.1 Å². The molecule has 0 saturated heterocycles. The van der Waals surface area contributed by atoms with Crippen LogP contribution < -0.4 is 4.90 Å². The van der Waals surface area contributed by atoms with Gasteiger partial charge in [0.15, 0.2) is 0 Å². The Labute approximate surface area is 122 Å². The molecule has 0 aromatic heterocycles. The van der Waals surface area contributed by atoms with Crippen molar-refractivity contribution in [1.29, 1.82) is 0 Å². The SMILES string of the molecule is CC(C)N(C)C(=O)CN1C(=O)C(=O)c2c(Cl)cccc21. The van der Waals surface area contributed by atoms with Gasteiger partial charge < -0.3 is 4.90 Å². The second kappa shape index (κ2) is 5.25. The van der Waals surface area contributed by atoms with E-state index >= 15 is 0 Å². The van der Waals surface area contributed by atoms with Crippen molar-refractivity contribution in [2.24, 2.45) is 0 Å². The molecule has 0 radical (unpaired) electrons. The standard InChI is InChI=1S/C14H15ClN2O3/c1-8(2)16(3)11(18)7-17-10-6-4-5-9(15)12(10)13(19)14(17)20/h4-6,8H,7H2,1-3H3. The molecule has 2 rings (SSSR count). The van der Waals surface area contributed by atoms with E-state index in [1.165, 1.54) is 9.80 Å². The molecule has 20 heavy (non-hydrogen) atoms. The number of carbonyl (C=O) groups excluding carboxylic acids is 3. The zero-order valence-electron chi connectivity index (χ0n) is 11.5. The molecule has 0 N–H and O–H groups in total. The molecule has 0 saturated carbocycles. The minimum absolute atomic E-state index is 0.0229. The summed E-state index contributed by atoms with van der Waals surface area (Å²) in [5.41, 5.74) is 0.581. The fourth-order valence-corrected chi connectivity index (χ4v) is 2.25. The molecule has 1 aliphatic rings. The number of hydrogen-bond donors (Lipinski definition) is 0. The van der Waals surface area contributed by atoms with Gasteiger partial charge in [-0.3, -0.25) is 19.3 Å². The number of amides is 2. The van der Waals surface area contributed by atoms with Crippen LogP contribution in [0.1, 0.15) is 24.2 Å². The summed E-state index contributed by atoms with van der Waals surface area (Å²) in [7, 11) is 1.66. The number of Topliss-reactive ketones (excluding diaryl/α,β-unsaturated/α-hetero) is 1. The van der Waals surface area contributed by atoms with Crippen molar-refractivity contribution in [3.63, 3.8) is 0 Å². The molecule has 0 bridgehead atoms. The van der Waals surface area contributed by atoms with E-state index in [1.54, 1.807) is 25.2 Å². The molecule has 1 aliphatic heterocycles. The predicted molar refractivity (Wildman–Crippen MR) is 76.0 cm³/mol. The molecule has 1 heterocycles. The van der Waals surface area contributed by atoms with Crippen molar-refractivity contribution in [3.05, 3.63) is 28.8 Å². The molecule has 6 heteroatoms. The summed E-state index contributed by atoms with van der Waals surface area (Å²) in [6.45, 7) is 3.59. The minimum Gasteiger partial charge on any atom is -0.342 e. The largest absolute Gasteiger partial charge is 0.342 e. The van der Waals surface area contributed by atoms with Crippen LogP contribution in [0.4, 0.5) is 5.69 Å². The number of anilines is 1. The highest BCUT2D eigenvalue weighted by Gasteiger charge is 2.38. The van der Waals surface area contributed by atoms with Gasteiger partial charge in [-0.1, -0.05) is 17.7 Å². The number of ketones is 1. The highest BCUT2D eigenvalue weighted by atomic mass is 35.5. The van der Waals surface area contributed by atoms with Crippen molar-refractivity contribution in [2.75, 3.05) is 18.5 Å². The van der Waals surface area contributed by atoms with Gasteiger partial charge in [-0.15, -0.1) is 0 Å². The van der Waals surface area contributed by atoms with E-state index in [-0.39, 0.29) is 29.1 Å². The third-order valence-electron chi connectivity index (χ3n) is 3.41. The molecule has 106 valence electrons. The van der Waals surface area contributed by atoms with Gasteiger partial charge in [0.2, 0.25) is 5.91 Å². The van der Waals surface area contributed by atoms with Crippen LogP contribution in [0.2, 0.25) is 5.02 Å². The van der Waals surface area contributed by atoms with E-state index in [9.17, 15) is 14.4 Å². The minimum atomic E-state index is -0.710. The Hall–Kier alpha value is -1.88. The Kier molecular flexibility index (Phi) is 3.81. The monoisotopic (exact) mass is 294 g/mol. The van der Waals surface area contributed by atoms with Crippen LogP contribution in [0.3, 0.4) is 0 Å². The van der Waals surface area contributed by atoms with Gasteiger partial charge >= 0.3 is 0 Å². The first-order valence-corrected chi connectivity index (χ1v) is 6.62. The van der Waals surface area contributed by atoms with Gasteiger partial charge in [0.25, 0.3) is 11.7 Å². The van der Waals surface area contributed by atoms with Crippen LogP contribution in [0.5, 0.6) is 0 Å². The molecule has 5 nitrogen and oxygen atoms in total. The first-order chi connectivity index (χ1) is 9.34. The van der Waals surface area contributed by atoms with Crippen molar-refractivity contribution in [2.45, 2.75) is 19.9 Å². The molecular weight excluding hydrogens is 280 g/mol. The molecule has 1 aromatic rings. The van der Waals surface area contributed by atoms with Crippen LogP contribution in [0.15, 0.2) is 18.2 Å².